The summed E-state index contributed by atoms with van der Waals surface area (Å²) in [5.41, 5.74) is 0. The quantitative estimate of drug-likeness (QED) is 0.629. The number of rotatable bonds is 9. The third kappa shape index (κ3) is 4.96. The lowest BCUT2D eigenvalue weighted by Gasteiger charge is -2.27. The van der Waals surface area contributed by atoms with Gasteiger partial charge in [0.05, 0.1) is 6.61 Å². The molecule has 1 fully saturated rings. The van der Waals surface area contributed by atoms with Crippen LogP contribution in [0.5, 0.6) is 0 Å². The molecular weight excluding hydrogens is 188 g/mol. The van der Waals surface area contributed by atoms with Crippen molar-refractivity contribution in [1.82, 2.24) is 10.2 Å². The molecule has 90 valence electrons. The van der Waals surface area contributed by atoms with Gasteiger partial charge in [-0.2, -0.15) is 0 Å². The molecule has 0 aliphatic heterocycles. The second-order valence-corrected chi connectivity index (χ2v) is 4.44. The Bertz CT molecular complexity index is 154. The molecule has 1 atom stereocenters. The first-order chi connectivity index (χ1) is 7.31. The van der Waals surface area contributed by atoms with Crippen LogP contribution in [0.4, 0.5) is 0 Å². The Morgan fingerprint density at radius 2 is 2.13 bits per heavy atom. The van der Waals surface area contributed by atoms with Gasteiger partial charge < -0.3 is 10.1 Å². The number of nitrogens with zero attached hydrogens (tertiary/aromatic N) is 1. The highest BCUT2D eigenvalue weighted by molar-refractivity contribution is 4.86. The standard InChI is InChI=1S/C12H26N2O/c1-4-8-14(12-6-7-12)9-11(10-15-3)13-5-2/h11-13H,4-10H2,1-3H3. The first-order valence-corrected chi connectivity index (χ1v) is 6.28. The van der Waals surface area contributed by atoms with Crippen LogP contribution in [0.1, 0.15) is 33.1 Å². The molecule has 1 rings (SSSR count). The first-order valence-electron chi connectivity index (χ1n) is 6.28. The molecule has 0 saturated heterocycles. The maximum atomic E-state index is 5.25. The normalized spacial score (nSPS) is 18.4. The van der Waals surface area contributed by atoms with E-state index in [4.69, 9.17) is 4.74 Å². The molecule has 1 N–H and O–H groups in total. The van der Waals surface area contributed by atoms with Gasteiger partial charge in [-0.05, 0) is 32.4 Å². The van der Waals surface area contributed by atoms with Gasteiger partial charge in [-0.15, -0.1) is 0 Å². The predicted molar refractivity (Wildman–Crippen MR) is 64.2 cm³/mol. The van der Waals surface area contributed by atoms with E-state index >= 15 is 0 Å². The summed E-state index contributed by atoms with van der Waals surface area (Å²) in [5.74, 6) is 0. The largest absolute Gasteiger partial charge is 0.383 e. The molecular formula is C12H26N2O. The highest BCUT2D eigenvalue weighted by Gasteiger charge is 2.29. The summed E-state index contributed by atoms with van der Waals surface area (Å²) in [6.07, 6.45) is 4.04. The lowest BCUT2D eigenvalue weighted by molar-refractivity contribution is 0.135. The Morgan fingerprint density at radius 3 is 2.60 bits per heavy atom. The molecule has 0 radical (unpaired) electrons. The molecule has 0 spiro atoms. The van der Waals surface area contributed by atoms with Gasteiger partial charge in [0.25, 0.3) is 0 Å². The Balaban J connectivity index is 2.30. The van der Waals surface area contributed by atoms with Crippen molar-refractivity contribution < 1.29 is 4.74 Å². The third-order valence-electron chi connectivity index (χ3n) is 2.89. The van der Waals surface area contributed by atoms with Crippen molar-refractivity contribution in [2.75, 3.05) is 33.4 Å². The van der Waals surface area contributed by atoms with Gasteiger partial charge in [0.15, 0.2) is 0 Å². The van der Waals surface area contributed by atoms with E-state index < -0.39 is 0 Å². The lowest BCUT2D eigenvalue weighted by atomic mass is 10.2. The molecule has 0 heterocycles. The minimum atomic E-state index is 0.493. The van der Waals surface area contributed by atoms with E-state index in [1.165, 1.54) is 25.8 Å². The summed E-state index contributed by atoms with van der Waals surface area (Å²) in [7, 11) is 1.78. The molecule has 3 heteroatoms. The zero-order valence-corrected chi connectivity index (χ0v) is 10.5. The van der Waals surface area contributed by atoms with Crippen LogP contribution in [0.15, 0.2) is 0 Å². The number of hydrogen-bond acceptors (Lipinski definition) is 3. The lowest BCUT2D eigenvalue weighted by Crippen LogP contribution is -2.44. The van der Waals surface area contributed by atoms with Crippen LogP contribution in [-0.2, 0) is 4.74 Å². The number of ether oxygens (including phenoxy) is 1. The summed E-state index contributed by atoms with van der Waals surface area (Å²) < 4.78 is 5.25. The average Bonchev–Trinajstić information content (AvgIpc) is 3.01. The fourth-order valence-corrected chi connectivity index (χ4v) is 2.10. The summed E-state index contributed by atoms with van der Waals surface area (Å²) in [6, 6.07) is 1.36. The van der Waals surface area contributed by atoms with Crippen LogP contribution in [0, 0.1) is 0 Å². The van der Waals surface area contributed by atoms with E-state index in [-0.39, 0.29) is 0 Å². The second kappa shape index (κ2) is 7.20. The van der Waals surface area contributed by atoms with Crippen molar-refractivity contribution in [2.24, 2.45) is 0 Å². The number of likely N-dealkylation sites (N-methyl/N-ethyl adjacent to an activating group) is 1. The number of methoxy groups -OCH3 is 1. The van der Waals surface area contributed by atoms with Crippen molar-refractivity contribution >= 4 is 0 Å². The zero-order valence-electron chi connectivity index (χ0n) is 10.5. The van der Waals surface area contributed by atoms with E-state index in [1.807, 2.05) is 0 Å². The molecule has 0 aromatic rings. The van der Waals surface area contributed by atoms with E-state index in [2.05, 4.69) is 24.1 Å². The molecule has 15 heavy (non-hydrogen) atoms. The molecule has 1 unspecified atom stereocenters. The molecule has 0 amide bonds. The number of hydrogen-bond donors (Lipinski definition) is 1. The van der Waals surface area contributed by atoms with Gasteiger partial charge in [0.1, 0.15) is 0 Å². The second-order valence-electron chi connectivity index (χ2n) is 4.44. The van der Waals surface area contributed by atoms with Gasteiger partial charge in [0.2, 0.25) is 0 Å². The molecule has 0 aromatic carbocycles. The van der Waals surface area contributed by atoms with Crippen molar-refractivity contribution in [3.63, 3.8) is 0 Å². The van der Waals surface area contributed by atoms with Crippen LogP contribution in [0.25, 0.3) is 0 Å². The topological polar surface area (TPSA) is 24.5 Å². The van der Waals surface area contributed by atoms with Crippen molar-refractivity contribution in [3.05, 3.63) is 0 Å². The highest BCUT2D eigenvalue weighted by Crippen LogP contribution is 2.26. The van der Waals surface area contributed by atoms with Gasteiger partial charge in [-0.3, -0.25) is 4.90 Å². The monoisotopic (exact) mass is 214 g/mol. The van der Waals surface area contributed by atoms with Crippen molar-refractivity contribution in [3.8, 4) is 0 Å². The van der Waals surface area contributed by atoms with Crippen LogP contribution >= 0.6 is 0 Å². The van der Waals surface area contributed by atoms with Crippen LogP contribution in [-0.4, -0.2) is 50.3 Å². The molecule has 1 saturated carbocycles. The molecule has 1 aliphatic carbocycles. The maximum Gasteiger partial charge on any atom is 0.0628 e. The third-order valence-corrected chi connectivity index (χ3v) is 2.89. The van der Waals surface area contributed by atoms with Crippen LogP contribution in [0.2, 0.25) is 0 Å². The van der Waals surface area contributed by atoms with Crippen LogP contribution in [0.3, 0.4) is 0 Å². The van der Waals surface area contributed by atoms with Gasteiger partial charge >= 0.3 is 0 Å². The molecule has 1 aliphatic rings. The molecule has 0 aromatic heterocycles. The Hall–Kier alpha value is -0.120. The summed E-state index contributed by atoms with van der Waals surface area (Å²) in [5, 5.41) is 3.49. The smallest absolute Gasteiger partial charge is 0.0628 e. The Kier molecular flexibility index (Phi) is 6.22. The maximum absolute atomic E-state index is 5.25. The SMILES string of the molecule is CCCN(CC(COC)NCC)C1CC1. The van der Waals surface area contributed by atoms with E-state index in [0.29, 0.717) is 6.04 Å². The van der Waals surface area contributed by atoms with E-state index in [1.54, 1.807) is 7.11 Å². The first kappa shape index (κ1) is 12.9. The van der Waals surface area contributed by atoms with E-state index in [0.717, 1.165) is 25.7 Å². The van der Waals surface area contributed by atoms with Crippen molar-refractivity contribution in [2.45, 2.75) is 45.2 Å². The highest BCUT2D eigenvalue weighted by atomic mass is 16.5. The minimum Gasteiger partial charge on any atom is -0.383 e. The predicted octanol–water partition coefficient (Wildman–Crippen LogP) is 1.49. The zero-order chi connectivity index (χ0) is 11.1. The van der Waals surface area contributed by atoms with Crippen molar-refractivity contribution in [1.29, 1.82) is 0 Å². The fraction of sp³-hybridized carbons (Fsp3) is 1.00. The van der Waals surface area contributed by atoms with Gasteiger partial charge in [-0.1, -0.05) is 13.8 Å². The summed E-state index contributed by atoms with van der Waals surface area (Å²) >= 11 is 0. The summed E-state index contributed by atoms with van der Waals surface area (Å²) in [4.78, 5) is 2.62. The average molecular weight is 214 g/mol. The minimum absolute atomic E-state index is 0.493. The van der Waals surface area contributed by atoms with Gasteiger partial charge in [0, 0.05) is 25.7 Å². The number of nitrogens with one attached hydrogen (secondary N) is 1. The molecule has 0 bridgehead atoms. The van der Waals surface area contributed by atoms with E-state index in [9.17, 15) is 0 Å². The van der Waals surface area contributed by atoms with Crippen LogP contribution < -0.4 is 5.32 Å². The fourth-order valence-electron chi connectivity index (χ4n) is 2.10. The van der Waals surface area contributed by atoms with Gasteiger partial charge in [-0.25, -0.2) is 0 Å². The molecule has 3 nitrogen and oxygen atoms in total. The Labute approximate surface area is 94.2 Å². The summed E-state index contributed by atoms with van der Waals surface area (Å²) in [6.45, 7) is 8.63. The Morgan fingerprint density at radius 1 is 1.40 bits per heavy atom.